The zero-order chi connectivity index (χ0) is 9.14. The lowest BCUT2D eigenvalue weighted by molar-refractivity contribution is 0.850. The molecular weight excluding hydrogens is 150 g/mol. The topological polar surface area (TPSA) is 64.9 Å². The standard InChI is InChI=1S/C9H15N3/c1-6(2)7-3-8(11)9(4-10)12-5-7/h3,5-6H,4,10-11H2,1-2H3. The van der Waals surface area contributed by atoms with Crippen molar-refractivity contribution in [1.29, 1.82) is 0 Å². The highest BCUT2D eigenvalue weighted by Crippen LogP contribution is 2.17. The van der Waals surface area contributed by atoms with Gasteiger partial charge in [0.2, 0.25) is 0 Å². The molecule has 66 valence electrons. The van der Waals surface area contributed by atoms with Gasteiger partial charge in [0.25, 0.3) is 0 Å². The fraction of sp³-hybridized carbons (Fsp3) is 0.444. The Morgan fingerprint density at radius 3 is 2.58 bits per heavy atom. The first-order valence-electron chi connectivity index (χ1n) is 4.09. The number of anilines is 1. The average molecular weight is 165 g/mol. The molecule has 0 radical (unpaired) electrons. The molecule has 4 N–H and O–H groups in total. The Morgan fingerprint density at radius 1 is 1.50 bits per heavy atom. The Kier molecular flexibility index (Phi) is 2.65. The average Bonchev–Trinajstić information content (AvgIpc) is 2.04. The van der Waals surface area contributed by atoms with Gasteiger partial charge in [0, 0.05) is 12.7 Å². The maximum atomic E-state index is 5.73. The van der Waals surface area contributed by atoms with E-state index in [1.165, 1.54) is 0 Å². The molecule has 0 unspecified atom stereocenters. The molecule has 0 aliphatic carbocycles. The van der Waals surface area contributed by atoms with Crippen LogP contribution in [0.15, 0.2) is 12.3 Å². The summed E-state index contributed by atoms with van der Waals surface area (Å²) in [4.78, 5) is 4.17. The summed E-state index contributed by atoms with van der Waals surface area (Å²) < 4.78 is 0. The lowest BCUT2D eigenvalue weighted by Gasteiger charge is -2.07. The van der Waals surface area contributed by atoms with E-state index in [0.717, 1.165) is 11.3 Å². The molecule has 0 saturated carbocycles. The maximum Gasteiger partial charge on any atom is 0.0768 e. The number of pyridine rings is 1. The Morgan fingerprint density at radius 2 is 2.17 bits per heavy atom. The molecule has 0 fully saturated rings. The minimum atomic E-state index is 0.407. The third kappa shape index (κ3) is 1.74. The molecule has 1 aromatic heterocycles. The van der Waals surface area contributed by atoms with E-state index in [4.69, 9.17) is 11.5 Å². The SMILES string of the molecule is CC(C)c1cnc(CN)c(N)c1. The van der Waals surface area contributed by atoms with Crippen molar-refractivity contribution in [3.05, 3.63) is 23.5 Å². The van der Waals surface area contributed by atoms with Crippen molar-refractivity contribution in [2.24, 2.45) is 5.73 Å². The first kappa shape index (κ1) is 9.00. The summed E-state index contributed by atoms with van der Waals surface area (Å²) in [5.74, 6) is 0.464. The van der Waals surface area contributed by atoms with Crippen LogP contribution in [-0.2, 0) is 6.54 Å². The zero-order valence-corrected chi connectivity index (χ0v) is 7.54. The molecule has 0 amide bonds. The van der Waals surface area contributed by atoms with Gasteiger partial charge in [0.15, 0.2) is 0 Å². The second kappa shape index (κ2) is 3.54. The molecule has 0 atom stereocenters. The third-order valence-electron chi connectivity index (χ3n) is 1.88. The molecule has 0 saturated heterocycles. The molecule has 0 spiro atoms. The van der Waals surface area contributed by atoms with E-state index in [1.54, 1.807) is 0 Å². The van der Waals surface area contributed by atoms with Gasteiger partial charge in [-0.25, -0.2) is 0 Å². The van der Waals surface area contributed by atoms with Crippen LogP contribution in [-0.4, -0.2) is 4.98 Å². The minimum absolute atomic E-state index is 0.407. The summed E-state index contributed by atoms with van der Waals surface area (Å²) in [6.07, 6.45) is 1.84. The van der Waals surface area contributed by atoms with Crippen molar-refractivity contribution >= 4 is 5.69 Å². The van der Waals surface area contributed by atoms with E-state index in [2.05, 4.69) is 18.8 Å². The molecule has 3 heteroatoms. The number of nitrogens with zero attached hydrogens (tertiary/aromatic N) is 1. The monoisotopic (exact) mass is 165 g/mol. The third-order valence-corrected chi connectivity index (χ3v) is 1.88. The van der Waals surface area contributed by atoms with Crippen molar-refractivity contribution in [3.63, 3.8) is 0 Å². The molecule has 0 aliphatic rings. The molecule has 0 bridgehead atoms. The summed E-state index contributed by atoms with van der Waals surface area (Å²) >= 11 is 0. The van der Waals surface area contributed by atoms with Crippen LogP contribution in [0.25, 0.3) is 0 Å². The van der Waals surface area contributed by atoms with Crippen molar-refractivity contribution in [3.8, 4) is 0 Å². The summed E-state index contributed by atoms with van der Waals surface area (Å²) in [5, 5.41) is 0. The first-order valence-corrected chi connectivity index (χ1v) is 4.09. The van der Waals surface area contributed by atoms with E-state index in [0.29, 0.717) is 18.2 Å². The van der Waals surface area contributed by atoms with Crippen LogP contribution in [0.2, 0.25) is 0 Å². The Bertz CT molecular complexity index is 268. The number of rotatable bonds is 2. The largest absolute Gasteiger partial charge is 0.397 e. The second-order valence-corrected chi connectivity index (χ2v) is 3.16. The maximum absolute atomic E-state index is 5.73. The van der Waals surface area contributed by atoms with Gasteiger partial charge < -0.3 is 11.5 Å². The van der Waals surface area contributed by atoms with Gasteiger partial charge >= 0.3 is 0 Å². The number of hydrogen-bond acceptors (Lipinski definition) is 3. The van der Waals surface area contributed by atoms with Crippen LogP contribution < -0.4 is 11.5 Å². The normalized spacial score (nSPS) is 10.7. The predicted molar refractivity (Wildman–Crippen MR) is 50.6 cm³/mol. The Labute approximate surface area is 72.8 Å². The van der Waals surface area contributed by atoms with E-state index >= 15 is 0 Å². The minimum Gasteiger partial charge on any atom is -0.397 e. The number of hydrogen-bond donors (Lipinski definition) is 2. The number of nitrogens with two attached hydrogens (primary N) is 2. The van der Waals surface area contributed by atoms with Crippen LogP contribution in [0.4, 0.5) is 5.69 Å². The smallest absolute Gasteiger partial charge is 0.0768 e. The van der Waals surface area contributed by atoms with Gasteiger partial charge in [-0.3, -0.25) is 4.98 Å². The second-order valence-electron chi connectivity index (χ2n) is 3.16. The van der Waals surface area contributed by atoms with Crippen LogP contribution in [0, 0.1) is 0 Å². The first-order chi connectivity index (χ1) is 5.65. The lowest BCUT2D eigenvalue weighted by atomic mass is 10.0. The molecule has 1 aromatic rings. The molecule has 0 aliphatic heterocycles. The van der Waals surface area contributed by atoms with Crippen LogP contribution in [0.3, 0.4) is 0 Å². The quantitative estimate of drug-likeness (QED) is 0.693. The fourth-order valence-electron chi connectivity index (χ4n) is 1.01. The van der Waals surface area contributed by atoms with Crippen LogP contribution >= 0.6 is 0 Å². The highest BCUT2D eigenvalue weighted by molar-refractivity contribution is 5.45. The van der Waals surface area contributed by atoms with Gasteiger partial charge in [-0.05, 0) is 17.5 Å². The van der Waals surface area contributed by atoms with Crippen LogP contribution in [0.5, 0.6) is 0 Å². The van der Waals surface area contributed by atoms with Crippen molar-refractivity contribution < 1.29 is 0 Å². The lowest BCUT2D eigenvalue weighted by Crippen LogP contribution is -2.05. The highest BCUT2D eigenvalue weighted by atomic mass is 14.8. The summed E-state index contributed by atoms with van der Waals surface area (Å²) in [6, 6.07) is 1.94. The zero-order valence-electron chi connectivity index (χ0n) is 7.54. The number of nitrogen functional groups attached to an aromatic ring is 1. The number of aromatic nitrogens is 1. The van der Waals surface area contributed by atoms with Crippen LogP contribution in [0.1, 0.15) is 31.0 Å². The molecule has 1 rings (SSSR count). The summed E-state index contributed by atoms with van der Waals surface area (Å²) in [5.41, 5.74) is 13.8. The van der Waals surface area contributed by atoms with Crippen molar-refractivity contribution in [2.45, 2.75) is 26.3 Å². The van der Waals surface area contributed by atoms with Gasteiger partial charge in [-0.15, -0.1) is 0 Å². The van der Waals surface area contributed by atoms with E-state index in [1.807, 2.05) is 12.3 Å². The molecule has 0 aromatic carbocycles. The predicted octanol–water partition coefficient (Wildman–Crippen LogP) is 1.25. The Hall–Kier alpha value is -1.09. The molecule has 1 heterocycles. The van der Waals surface area contributed by atoms with Gasteiger partial charge in [-0.2, -0.15) is 0 Å². The van der Waals surface area contributed by atoms with E-state index in [-0.39, 0.29) is 0 Å². The van der Waals surface area contributed by atoms with E-state index in [9.17, 15) is 0 Å². The highest BCUT2D eigenvalue weighted by Gasteiger charge is 2.03. The van der Waals surface area contributed by atoms with Gasteiger partial charge in [0.1, 0.15) is 0 Å². The fourth-order valence-corrected chi connectivity index (χ4v) is 1.01. The van der Waals surface area contributed by atoms with E-state index < -0.39 is 0 Å². The van der Waals surface area contributed by atoms with Crippen molar-refractivity contribution in [1.82, 2.24) is 4.98 Å². The van der Waals surface area contributed by atoms with Crippen molar-refractivity contribution in [2.75, 3.05) is 5.73 Å². The summed E-state index contributed by atoms with van der Waals surface area (Å²) in [6.45, 7) is 4.63. The van der Waals surface area contributed by atoms with Gasteiger partial charge in [-0.1, -0.05) is 13.8 Å². The Balaban J connectivity index is 3.02. The summed E-state index contributed by atoms with van der Waals surface area (Å²) in [7, 11) is 0. The molecular formula is C9H15N3. The molecule has 3 nitrogen and oxygen atoms in total. The van der Waals surface area contributed by atoms with Gasteiger partial charge in [0.05, 0.1) is 11.4 Å². The molecule has 12 heavy (non-hydrogen) atoms.